The van der Waals surface area contributed by atoms with Crippen molar-refractivity contribution in [2.45, 2.75) is 31.8 Å². The zero-order valence-corrected chi connectivity index (χ0v) is 14.0. The van der Waals surface area contributed by atoms with Crippen LogP contribution in [0.25, 0.3) is 0 Å². The second-order valence-corrected chi connectivity index (χ2v) is 6.77. The highest BCUT2D eigenvalue weighted by molar-refractivity contribution is 5.94. The molecule has 0 aromatic heterocycles. The normalized spacial score (nSPS) is 22.4. The lowest BCUT2D eigenvalue weighted by molar-refractivity contribution is 0.0857. The number of hydrogen-bond donors (Lipinski definition) is 1. The van der Waals surface area contributed by atoms with E-state index in [1.807, 2.05) is 6.07 Å². The minimum Gasteiger partial charge on any atom is -0.376 e. The van der Waals surface area contributed by atoms with Gasteiger partial charge in [0.1, 0.15) is 0 Å². The van der Waals surface area contributed by atoms with Crippen molar-refractivity contribution in [3.8, 4) is 0 Å². The fourth-order valence-electron chi connectivity index (χ4n) is 3.63. The van der Waals surface area contributed by atoms with Crippen LogP contribution in [0.2, 0.25) is 0 Å². The van der Waals surface area contributed by atoms with Crippen LogP contribution in [-0.4, -0.2) is 43.2 Å². The average molecular weight is 324 g/mol. The first-order valence-electron chi connectivity index (χ1n) is 8.94. The molecule has 1 aliphatic carbocycles. The van der Waals surface area contributed by atoms with E-state index in [9.17, 15) is 4.79 Å². The zero-order chi connectivity index (χ0) is 16.4. The van der Waals surface area contributed by atoms with E-state index in [1.54, 1.807) is 0 Å². The van der Waals surface area contributed by atoms with Crippen LogP contribution in [0, 0.1) is 0 Å². The number of amides is 1. The zero-order valence-electron chi connectivity index (χ0n) is 14.0. The second kappa shape index (κ2) is 6.81. The number of carbonyl (C=O) groups excluding carboxylic acids is 1. The molecule has 1 amide bonds. The summed E-state index contributed by atoms with van der Waals surface area (Å²) >= 11 is 0. The van der Waals surface area contributed by atoms with Gasteiger partial charge in [-0.1, -0.05) is 12.1 Å². The molecule has 1 fully saturated rings. The largest absolute Gasteiger partial charge is 0.376 e. The predicted octanol–water partition coefficient (Wildman–Crippen LogP) is 2.45. The third-order valence-corrected chi connectivity index (χ3v) is 5.18. The van der Waals surface area contributed by atoms with Gasteiger partial charge in [-0.15, -0.1) is 0 Å². The molecule has 4 nitrogen and oxygen atoms in total. The van der Waals surface area contributed by atoms with Crippen LogP contribution in [-0.2, 0) is 17.6 Å². The maximum Gasteiger partial charge on any atom is 0.251 e. The molecule has 0 bridgehead atoms. The van der Waals surface area contributed by atoms with Crippen LogP contribution < -0.4 is 5.32 Å². The van der Waals surface area contributed by atoms with Crippen LogP contribution in [0.5, 0.6) is 0 Å². The summed E-state index contributed by atoms with van der Waals surface area (Å²) in [5.41, 5.74) is 4.78. The molecular formula is C20H24N2O2. The molecule has 126 valence electrons. The molecule has 1 atom stereocenters. The molecule has 4 heteroatoms. The Bertz CT molecular complexity index is 687. The Morgan fingerprint density at radius 3 is 2.79 bits per heavy atom. The molecule has 1 N–H and O–H groups in total. The number of rotatable bonds is 4. The highest BCUT2D eigenvalue weighted by Gasteiger charge is 2.19. The van der Waals surface area contributed by atoms with Gasteiger partial charge in [-0.2, -0.15) is 0 Å². The minimum atomic E-state index is 0.0130. The molecule has 1 aromatic rings. The van der Waals surface area contributed by atoms with Crippen molar-refractivity contribution in [2.75, 3.05) is 26.2 Å². The third kappa shape index (κ3) is 3.24. The van der Waals surface area contributed by atoms with Crippen LogP contribution in [0.3, 0.4) is 0 Å². The van der Waals surface area contributed by atoms with E-state index >= 15 is 0 Å². The van der Waals surface area contributed by atoms with Gasteiger partial charge in [-0.05, 0) is 61.1 Å². The number of nitrogens with one attached hydrogen (secondary N) is 1. The summed E-state index contributed by atoms with van der Waals surface area (Å²) in [5.74, 6) is 0.0130. The van der Waals surface area contributed by atoms with Gasteiger partial charge in [0.05, 0.1) is 6.10 Å². The van der Waals surface area contributed by atoms with Crippen LogP contribution in [0.15, 0.2) is 42.1 Å². The van der Waals surface area contributed by atoms with Gasteiger partial charge >= 0.3 is 0 Å². The average Bonchev–Trinajstić information content (AvgIpc) is 2.99. The fourth-order valence-corrected chi connectivity index (χ4v) is 3.63. The number of nitrogens with zero attached hydrogens (tertiary/aromatic N) is 1. The number of carbonyl (C=O) groups is 1. The van der Waals surface area contributed by atoms with Crippen LogP contribution in [0.4, 0.5) is 0 Å². The van der Waals surface area contributed by atoms with Gasteiger partial charge in [-0.25, -0.2) is 0 Å². The first kappa shape index (κ1) is 15.5. The van der Waals surface area contributed by atoms with E-state index in [-0.39, 0.29) is 12.0 Å². The lowest BCUT2D eigenvalue weighted by Crippen LogP contribution is -2.31. The first-order chi connectivity index (χ1) is 11.8. The summed E-state index contributed by atoms with van der Waals surface area (Å²) in [6, 6.07) is 6.17. The minimum absolute atomic E-state index is 0.0130. The van der Waals surface area contributed by atoms with Crippen molar-refractivity contribution >= 4 is 5.91 Å². The standard InChI is InChI=1S/C20H24N2O2/c23-20(21-14-19-5-2-12-24-19)17-7-6-15-8-10-22(18-3-1-4-18)11-9-16(15)13-17/h1,3-4,6-7,13,19H,2,5,8-12,14H2,(H,21,23). The molecular weight excluding hydrogens is 300 g/mol. The number of allylic oxidation sites excluding steroid dienone is 3. The summed E-state index contributed by atoms with van der Waals surface area (Å²) in [4.78, 5) is 14.8. The van der Waals surface area contributed by atoms with E-state index in [2.05, 4.69) is 40.6 Å². The molecule has 2 aliphatic heterocycles. The van der Waals surface area contributed by atoms with Crippen LogP contribution >= 0.6 is 0 Å². The molecule has 2 heterocycles. The molecule has 1 saturated heterocycles. The molecule has 1 unspecified atom stereocenters. The molecule has 4 rings (SSSR count). The molecule has 24 heavy (non-hydrogen) atoms. The summed E-state index contributed by atoms with van der Waals surface area (Å²) in [5, 5.41) is 3.02. The van der Waals surface area contributed by atoms with Crippen molar-refractivity contribution in [3.63, 3.8) is 0 Å². The summed E-state index contributed by atoms with van der Waals surface area (Å²) in [6.07, 6.45) is 10.8. The van der Waals surface area contributed by atoms with E-state index in [4.69, 9.17) is 4.74 Å². The molecule has 3 aliphatic rings. The van der Waals surface area contributed by atoms with Crippen molar-refractivity contribution in [3.05, 3.63) is 58.8 Å². The number of hydrogen-bond acceptors (Lipinski definition) is 3. The number of benzene rings is 1. The lowest BCUT2D eigenvalue weighted by Gasteiger charge is -2.26. The van der Waals surface area contributed by atoms with Crippen molar-refractivity contribution in [2.24, 2.45) is 0 Å². The summed E-state index contributed by atoms with van der Waals surface area (Å²) in [7, 11) is 0. The van der Waals surface area contributed by atoms with Gasteiger partial charge in [-0.3, -0.25) is 4.79 Å². The second-order valence-electron chi connectivity index (χ2n) is 6.77. The van der Waals surface area contributed by atoms with E-state index in [0.29, 0.717) is 6.54 Å². The van der Waals surface area contributed by atoms with Gasteiger partial charge in [0.15, 0.2) is 0 Å². The van der Waals surface area contributed by atoms with E-state index < -0.39 is 0 Å². The highest BCUT2D eigenvalue weighted by Crippen LogP contribution is 2.22. The van der Waals surface area contributed by atoms with E-state index in [1.165, 1.54) is 16.8 Å². The molecule has 0 radical (unpaired) electrons. The smallest absolute Gasteiger partial charge is 0.251 e. The maximum atomic E-state index is 12.4. The lowest BCUT2D eigenvalue weighted by atomic mass is 10.00. The number of fused-ring (bicyclic) bond motifs is 1. The Balaban J connectivity index is 1.39. The quantitative estimate of drug-likeness (QED) is 0.925. The monoisotopic (exact) mass is 324 g/mol. The third-order valence-electron chi connectivity index (χ3n) is 5.18. The van der Waals surface area contributed by atoms with Crippen molar-refractivity contribution in [1.82, 2.24) is 10.2 Å². The Morgan fingerprint density at radius 1 is 1.25 bits per heavy atom. The van der Waals surface area contributed by atoms with Crippen molar-refractivity contribution in [1.29, 1.82) is 0 Å². The van der Waals surface area contributed by atoms with Gasteiger partial charge in [0.2, 0.25) is 0 Å². The topological polar surface area (TPSA) is 41.6 Å². The Kier molecular flexibility index (Phi) is 4.39. The molecule has 0 spiro atoms. The molecule has 0 saturated carbocycles. The van der Waals surface area contributed by atoms with E-state index in [0.717, 1.165) is 50.9 Å². The highest BCUT2D eigenvalue weighted by atomic mass is 16.5. The van der Waals surface area contributed by atoms with Gasteiger partial charge < -0.3 is 15.0 Å². The summed E-state index contributed by atoms with van der Waals surface area (Å²) in [6.45, 7) is 3.50. The van der Waals surface area contributed by atoms with Gasteiger partial charge in [0.25, 0.3) is 5.91 Å². The first-order valence-corrected chi connectivity index (χ1v) is 8.94. The Labute approximate surface area is 143 Å². The maximum absolute atomic E-state index is 12.4. The summed E-state index contributed by atoms with van der Waals surface area (Å²) < 4.78 is 5.57. The number of ether oxygens (including phenoxy) is 1. The van der Waals surface area contributed by atoms with Gasteiger partial charge in [0, 0.05) is 37.5 Å². The SMILES string of the molecule is O=C(NCC1CCCO1)c1ccc2c(c1)CCN(C1=CC=C1)CC2. The van der Waals surface area contributed by atoms with Crippen molar-refractivity contribution < 1.29 is 9.53 Å². The van der Waals surface area contributed by atoms with Crippen LogP contribution in [0.1, 0.15) is 34.3 Å². The Morgan fingerprint density at radius 2 is 2.08 bits per heavy atom. The Hall–Kier alpha value is -2.07. The molecule has 1 aromatic carbocycles. The predicted molar refractivity (Wildman–Crippen MR) is 94.0 cm³/mol. The fraction of sp³-hybridized carbons (Fsp3) is 0.450.